The summed E-state index contributed by atoms with van der Waals surface area (Å²) in [5.41, 5.74) is 0. The Morgan fingerprint density at radius 1 is 0.679 bits per heavy atom. The van der Waals surface area contributed by atoms with Gasteiger partial charge in [-0.3, -0.25) is 0 Å². The largest absolute Gasteiger partial charge is 0.456 e. The summed E-state index contributed by atoms with van der Waals surface area (Å²) >= 11 is 0. The number of halogens is 8. The summed E-state index contributed by atoms with van der Waals surface area (Å²) in [5.74, 6) is -25.2. The molecule has 0 fully saturated rings. The third-order valence-electron chi connectivity index (χ3n) is 3.57. The Bertz CT molecular complexity index is 535. The fraction of sp³-hybridized carbons (Fsp3) is 0.750. The van der Waals surface area contributed by atoms with E-state index in [1.165, 1.54) is 0 Å². The van der Waals surface area contributed by atoms with Gasteiger partial charge in [-0.2, -0.15) is 35.1 Å². The number of carbonyl (C=O) groups excluding carboxylic acids is 2. The molecule has 0 heterocycles. The van der Waals surface area contributed by atoms with Crippen LogP contribution in [0.1, 0.15) is 27.7 Å². The fourth-order valence-electron chi connectivity index (χ4n) is 1.59. The Balaban J connectivity index is 4.70. The summed E-state index contributed by atoms with van der Waals surface area (Å²) in [7, 11) is 0. The molecule has 0 atom stereocenters. The van der Waals surface area contributed by atoms with E-state index in [1.807, 2.05) is 0 Å². The number of rotatable bonds is 10. The van der Waals surface area contributed by atoms with Crippen molar-refractivity contribution in [2.24, 2.45) is 11.8 Å². The maximum atomic E-state index is 13.3. The number of hydrogen-bond donors (Lipinski definition) is 0. The van der Waals surface area contributed by atoms with Crippen molar-refractivity contribution in [2.45, 2.75) is 51.4 Å². The fourth-order valence-corrected chi connectivity index (χ4v) is 1.59. The summed E-state index contributed by atoms with van der Waals surface area (Å²) in [5, 5.41) is 0. The molecule has 0 aliphatic carbocycles. The normalized spacial score (nSPS) is 14.1. The maximum Gasteiger partial charge on any atom is 0.343 e. The van der Waals surface area contributed by atoms with Crippen LogP contribution in [0.3, 0.4) is 0 Å². The minimum atomic E-state index is -4.70. The van der Waals surface area contributed by atoms with Gasteiger partial charge in [-0.1, -0.05) is 27.7 Å². The molecule has 0 rings (SSSR count). The van der Waals surface area contributed by atoms with Crippen molar-refractivity contribution < 1.29 is 54.2 Å². The smallest absolute Gasteiger partial charge is 0.343 e. The van der Waals surface area contributed by atoms with Crippen LogP contribution < -0.4 is 0 Å². The predicted molar refractivity (Wildman–Crippen MR) is 80.5 cm³/mol. The molecule has 4 nitrogen and oxygen atoms in total. The van der Waals surface area contributed by atoms with Crippen LogP contribution in [0, 0.1) is 11.8 Å². The van der Waals surface area contributed by atoms with Crippen LogP contribution >= 0.6 is 0 Å². The molecule has 0 aromatic carbocycles. The molecule has 0 bridgehead atoms. The lowest BCUT2D eigenvalue weighted by Crippen LogP contribution is -2.48. The summed E-state index contributed by atoms with van der Waals surface area (Å²) < 4.78 is 114. The van der Waals surface area contributed by atoms with Crippen LogP contribution in [0.15, 0.2) is 12.2 Å². The molecular weight excluding hydrogens is 408 g/mol. The second-order valence-electron chi connectivity index (χ2n) is 6.51. The molecule has 0 aliphatic rings. The molecule has 0 unspecified atom stereocenters. The lowest BCUT2D eigenvalue weighted by Gasteiger charge is -2.29. The molecule has 0 N–H and O–H groups in total. The maximum absolute atomic E-state index is 13.3. The molecule has 0 saturated heterocycles. The van der Waals surface area contributed by atoms with Gasteiger partial charge in [-0.15, -0.1) is 0 Å². The second-order valence-corrected chi connectivity index (χ2v) is 6.51. The average molecular weight is 428 g/mol. The first-order valence-corrected chi connectivity index (χ1v) is 7.91. The minimum absolute atomic E-state index is 0.144. The Kier molecular flexibility index (Phi) is 8.47. The van der Waals surface area contributed by atoms with E-state index in [4.69, 9.17) is 0 Å². The van der Waals surface area contributed by atoms with Crippen LogP contribution in [0.4, 0.5) is 35.1 Å². The molecule has 0 amide bonds. The Morgan fingerprint density at radius 2 is 0.929 bits per heavy atom. The van der Waals surface area contributed by atoms with E-state index in [0.717, 1.165) is 27.7 Å². The van der Waals surface area contributed by atoms with Gasteiger partial charge in [0.2, 0.25) is 0 Å². The van der Waals surface area contributed by atoms with Gasteiger partial charge in [-0.05, 0) is 0 Å². The van der Waals surface area contributed by atoms with Crippen LogP contribution in [-0.2, 0) is 19.1 Å². The van der Waals surface area contributed by atoms with Crippen molar-refractivity contribution in [1.82, 2.24) is 0 Å². The third-order valence-corrected chi connectivity index (χ3v) is 3.57. The highest BCUT2D eigenvalue weighted by molar-refractivity contribution is 5.91. The standard InChI is InChI=1S/C16H20F8O4/c1-9(2)15(21,22)13(17,18)7-27-11(25)5-6-12(26)28-8-14(19,20)16(23,24)10(3)4/h5-6,9-10H,7-8H2,1-4H3/b6-5+. The van der Waals surface area contributed by atoms with Crippen LogP contribution in [0.2, 0.25) is 0 Å². The summed E-state index contributed by atoms with van der Waals surface area (Å²) in [6, 6.07) is 0. The molecule has 0 aliphatic heterocycles. The zero-order valence-corrected chi connectivity index (χ0v) is 15.4. The first-order chi connectivity index (χ1) is 12.4. The summed E-state index contributed by atoms with van der Waals surface area (Å²) in [6.45, 7) is -0.715. The molecule has 0 saturated carbocycles. The molecule has 164 valence electrons. The molecule has 12 heteroatoms. The van der Waals surface area contributed by atoms with Gasteiger partial charge in [0.25, 0.3) is 0 Å². The van der Waals surface area contributed by atoms with E-state index in [1.54, 1.807) is 0 Å². The number of alkyl halides is 8. The lowest BCUT2D eigenvalue weighted by molar-refractivity contribution is -0.248. The number of carbonyl (C=O) groups is 2. The number of ether oxygens (including phenoxy) is 2. The van der Waals surface area contributed by atoms with Gasteiger partial charge < -0.3 is 9.47 Å². The zero-order valence-electron chi connectivity index (χ0n) is 15.4. The van der Waals surface area contributed by atoms with Crippen LogP contribution in [0.25, 0.3) is 0 Å². The monoisotopic (exact) mass is 428 g/mol. The van der Waals surface area contributed by atoms with Crippen molar-refractivity contribution in [2.75, 3.05) is 13.2 Å². The predicted octanol–water partition coefficient (Wildman–Crippen LogP) is 4.48. The van der Waals surface area contributed by atoms with E-state index >= 15 is 0 Å². The average Bonchev–Trinajstić information content (AvgIpc) is 2.55. The van der Waals surface area contributed by atoms with Crippen LogP contribution in [0.5, 0.6) is 0 Å². The van der Waals surface area contributed by atoms with Gasteiger partial charge in [0, 0.05) is 24.0 Å². The third kappa shape index (κ3) is 6.33. The number of hydrogen-bond acceptors (Lipinski definition) is 4. The molecule has 0 spiro atoms. The summed E-state index contributed by atoms with van der Waals surface area (Å²) in [4.78, 5) is 22.4. The quantitative estimate of drug-likeness (QED) is 0.293. The first-order valence-electron chi connectivity index (χ1n) is 7.91. The Hall–Kier alpha value is -1.88. The zero-order chi connectivity index (χ0) is 22.6. The molecule has 0 aromatic rings. The molecule has 0 radical (unpaired) electrons. The first kappa shape index (κ1) is 26.1. The van der Waals surface area contributed by atoms with Gasteiger partial charge in [0.1, 0.15) is 0 Å². The van der Waals surface area contributed by atoms with Crippen molar-refractivity contribution in [1.29, 1.82) is 0 Å². The van der Waals surface area contributed by atoms with E-state index in [-0.39, 0.29) is 12.2 Å². The van der Waals surface area contributed by atoms with Crippen molar-refractivity contribution in [3.05, 3.63) is 12.2 Å². The Labute approximate surface area is 155 Å². The van der Waals surface area contributed by atoms with Crippen molar-refractivity contribution in [3.8, 4) is 0 Å². The highest BCUT2D eigenvalue weighted by Gasteiger charge is 2.59. The topological polar surface area (TPSA) is 52.6 Å². The van der Waals surface area contributed by atoms with E-state index in [9.17, 15) is 44.7 Å². The molecule has 0 aromatic heterocycles. The van der Waals surface area contributed by atoms with E-state index < -0.39 is 60.7 Å². The van der Waals surface area contributed by atoms with Crippen LogP contribution in [-0.4, -0.2) is 48.8 Å². The van der Waals surface area contributed by atoms with Gasteiger partial charge in [0.05, 0.1) is 0 Å². The van der Waals surface area contributed by atoms with E-state index in [0.29, 0.717) is 0 Å². The summed E-state index contributed by atoms with van der Waals surface area (Å²) in [6.07, 6.45) is 0.287. The minimum Gasteiger partial charge on any atom is -0.456 e. The molecular formula is C16H20F8O4. The SMILES string of the molecule is CC(C)C(F)(F)C(F)(F)COC(=O)/C=C/C(=O)OCC(F)(F)C(F)(F)C(C)C. The Morgan fingerprint density at radius 3 is 1.14 bits per heavy atom. The van der Waals surface area contributed by atoms with Crippen molar-refractivity contribution >= 4 is 11.9 Å². The van der Waals surface area contributed by atoms with Gasteiger partial charge in [-0.25, -0.2) is 9.59 Å². The van der Waals surface area contributed by atoms with Gasteiger partial charge >= 0.3 is 35.6 Å². The van der Waals surface area contributed by atoms with Crippen molar-refractivity contribution in [3.63, 3.8) is 0 Å². The van der Waals surface area contributed by atoms with Gasteiger partial charge in [0.15, 0.2) is 13.2 Å². The lowest BCUT2D eigenvalue weighted by atomic mass is 10.0. The highest BCUT2D eigenvalue weighted by Crippen LogP contribution is 2.41. The highest BCUT2D eigenvalue weighted by atomic mass is 19.3. The van der Waals surface area contributed by atoms with E-state index in [2.05, 4.69) is 9.47 Å². The number of esters is 2. The molecule has 28 heavy (non-hydrogen) atoms. The second kappa shape index (κ2) is 9.08.